The molecule has 0 bridgehead atoms. The lowest BCUT2D eigenvalue weighted by molar-refractivity contribution is -0.126. The second kappa shape index (κ2) is 8.74. The van der Waals surface area contributed by atoms with Gasteiger partial charge in [-0.05, 0) is 37.5 Å². The van der Waals surface area contributed by atoms with Gasteiger partial charge in [0.15, 0.2) is 5.03 Å². The minimum Gasteiger partial charge on any atom is -0.497 e. The summed E-state index contributed by atoms with van der Waals surface area (Å²) in [5, 5.41) is 2.94. The third kappa shape index (κ3) is 4.53. The highest BCUT2D eigenvalue weighted by molar-refractivity contribution is 7.89. The summed E-state index contributed by atoms with van der Waals surface area (Å²) < 4.78 is 34.0. The number of ether oxygens (including phenoxy) is 1. The van der Waals surface area contributed by atoms with E-state index in [0.717, 1.165) is 11.3 Å². The van der Waals surface area contributed by atoms with Gasteiger partial charge in [0.25, 0.3) is 10.0 Å². The molecule has 9 heteroatoms. The molecule has 2 aromatic rings. The summed E-state index contributed by atoms with van der Waals surface area (Å²) in [5.74, 6) is 0.220. The molecule has 1 atom stereocenters. The molecule has 1 aliphatic rings. The van der Waals surface area contributed by atoms with Crippen molar-refractivity contribution in [2.24, 2.45) is 5.92 Å². The van der Waals surface area contributed by atoms with E-state index in [1.165, 1.54) is 16.8 Å². The van der Waals surface area contributed by atoms with Gasteiger partial charge in [0.2, 0.25) is 5.91 Å². The smallest absolute Gasteiger partial charge is 0.262 e. The summed E-state index contributed by atoms with van der Waals surface area (Å²) in [5.41, 5.74) is 0.929. The number of sulfonamides is 1. The molecule has 8 nitrogen and oxygen atoms in total. The molecule has 0 spiro atoms. The first-order valence-corrected chi connectivity index (χ1v) is 10.8. The monoisotopic (exact) mass is 406 g/mol. The highest BCUT2D eigenvalue weighted by atomic mass is 32.2. The largest absolute Gasteiger partial charge is 0.497 e. The highest BCUT2D eigenvalue weighted by Crippen LogP contribution is 2.23. The Kier molecular flexibility index (Phi) is 6.35. The molecule has 1 aromatic heterocycles. The van der Waals surface area contributed by atoms with Crippen molar-refractivity contribution in [1.82, 2.24) is 19.2 Å². The van der Waals surface area contributed by atoms with Crippen LogP contribution in [0.15, 0.2) is 41.8 Å². The number of amides is 1. The number of hydrogen-bond acceptors (Lipinski definition) is 5. The van der Waals surface area contributed by atoms with E-state index in [1.54, 1.807) is 11.7 Å². The van der Waals surface area contributed by atoms with E-state index >= 15 is 0 Å². The minimum atomic E-state index is -3.69. The minimum absolute atomic E-state index is 0.0341. The summed E-state index contributed by atoms with van der Waals surface area (Å²) in [7, 11) is -2.09. The van der Waals surface area contributed by atoms with Crippen LogP contribution in [0.5, 0.6) is 5.75 Å². The predicted molar refractivity (Wildman–Crippen MR) is 104 cm³/mol. The lowest BCUT2D eigenvalue weighted by Crippen LogP contribution is -2.45. The van der Waals surface area contributed by atoms with Gasteiger partial charge < -0.3 is 14.6 Å². The number of hydrogen-bond donors (Lipinski definition) is 1. The predicted octanol–water partition coefficient (Wildman–Crippen LogP) is 1.63. The number of carbonyl (C=O) groups excluding carboxylic acids is 1. The second-order valence-corrected chi connectivity index (χ2v) is 8.70. The number of aromatic nitrogens is 2. The average molecular weight is 407 g/mol. The van der Waals surface area contributed by atoms with Crippen LogP contribution >= 0.6 is 0 Å². The summed E-state index contributed by atoms with van der Waals surface area (Å²) in [4.78, 5) is 16.6. The van der Waals surface area contributed by atoms with Crippen molar-refractivity contribution in [2.45, 2.75) is 37.9 Å². The number of benzene rings is 1. The molecule has 152 valence electrons. The molecule has 2 heterocycles. The second-order valence-electron chi connectivity index (χ2n) is 6.81. The van der Waals surface area contributed by atoms with Crippen LogP contribution < -0.4 is 10.1 Å². The summed E-state index contributed by atoms with van der Waals surface area (Å²) in [6.45, 7) is 3.52. The van der Waals surface area contributed by atoms with Crippen LogP contribution in [-0.4, -0.2) is 48.4 Å². The summed E-state index contributed by atoms with van der Waals surface area (Å²) in [6, 6.07) is 7.48. The fourth-order valence-corrected chi connectivity index (χ4v) is 4.73. The average Bonchev–Trinajstić information content (AvgIpc) is 3.22. The molecule has 1 fully saturated rings. The molecule has 0 radical (unpaired) electrons. The number of imidazole rings is 1. The first-order chi connectivity index (χ1) is 13.4. The van der Waals surface area contributed by atoms with Crippen LogP contribution in [-0.2, 0) is 27.9 Å². The maximum absolute atomic E-state index is 12.8. The number of methoxy groups -OCH3 is 1. The lowest BCUT2D eigenvalue weighted by atomic mass is 9.99. The Morgan fingerprint density at radius 3 is 2.93 bits per heavy atom. The van der Waals surface area contributed by atoms with Gasteiger partial charge in [-0.2, -0.15) is 4.31 Å². The Labute approximate surface area is 165 Å². The number of nitrogens with zero attached hydrogens (tertiary/aromatic N) is 3. The van der Waals surface area contributed by atoms with Gasteiger partial charge >= 0.3 is 0 Å². The van der Waals surface area contributed by atoms with Gasteiger partial charge in [-0.3, -0.25) is 4.79 Å². The van der Waals surface area contributed by atoms with E-state index in [0.29, 0.717) is 32.5 Å². The van der Waals surface area contributed by atoms with Gasteiger partial charge in [-0.15, -0.1) is 0 Å². The normalized spacial score (nSPS) is 18.0. The number of rotatable bonds is 7. The molecular formula is C19H26N4O4S. The van der Waals surface area contributed by atoms with Crippen LogP contribution in [0.25, 0.3) is 0 Å². The van der Waals surface area contributed by atoms with E-state index in [9.17, 15) is 13.2 Å². The Bertz CT molecular complexity index is 926. The van der Waals surface area contributed by atoms with Crippen molar-refractivity contribution < 1.29 is 17.9 Å². The molecule has 1 saturated heterocycles. The van der Waals surface area contributed by atoms with Crippen molar-refractivity contribution in [1.29, 1.82) is 0 Å². The van der Waals surface area contributed by atoms with E-state index < -0.39 is 10.0 Å². The molecule has 1 aromatic carbocycles. The fraction of sp³-hybridized carbons (Fsp3) is 0.474. The molecule has 3 rings (SSSR count). The van der Waals surface area contributed by atoms with Gasteiger partial charge in [0, 0.05) is 32.4 Å². The zero-order valence-electron chi connectivity index (χ0n) is 16.2. The Hall–Kier alpha value is -2.39. The molecule has 0 unspecified atom stereocenters. The molecule has 28 heavy (non-hydrogen) atoms. The van der Waals surface area contributed by atoms with Crippen LogP contribution in [0.3, 0.4) is 0 Å². The highest BCUT2D eigenvalue weighted by Gasteiger charge is 2.34. The van der Waals surface area contributed by atoms with Crippen molar-refractivity contribution in [3.05, 3.63) is 42.4 Å². The quantitative estimate of drug-likeness (QED) is 0.754. The Morgan fingerprint density at radius 1 is 1.39 bits per heavy atom. The summed E-state index contributed by atoms with van der Waals surface area (Å²) >= 11 is 0. The number of aryl methyl sites for hydroxylation is 1. The van der Waals surface area contributed by atoms with Crippen LogP contribution in [0.2, 0.25) is 0 Å². The number of nitrogens with one attached hydrogen (secondary N) is 1. The van der Waals surface area contributed by atoms with E-state index in [2.05, 4.69) is 10.3 Å². The van der Waals surface area contributed by atoms with Crippen molar-refractivity contribution >= 4 is 15.9 Å². The topological polar surface area (TPSA) is 93.5 Å². The standard InChI is InChI=1S/C19H26N4O4S/c1-3-22-13-18(21-14-22)28(25,26)23-9-5-7-16(12-23)19(24)20-11-15-6-4-8-17(10-15)27-2/h4,6,8,10,13-14,16H,3,5,7,9,11-12H2,1-2H3,(H,20,24)/t16-/m1/s1. The molecule has 1 amide bonds. The Morgan fingerprint density at radius 2 is 2.21 bits per heavy atom. The number of carbonyl (C=O) groups is 1. The van der Waals surface area contributed by atoms with E-state index in [-0.39, 0.29) is 23.4 Å². The van der Waals surface area contributed by atoms with Gasteiger partial charge in [-0.25, -0.2) is 13.4 Å². The molecular weight excluding hydrogens is 380 g/mol. The lowest BCUT2D eigenvalue weighted by Gasteiger charge is -2.30. The molecule has 1 N–H and O–H groups in total. The maximum Gasteiger partial charge on any atom is 0.262 e. The SMILES string of the molecule is CCn1cnc(S(=O)(=O)N2CCC[C@@H](C(=O)NCc3cccc(OC)c3)C2)c1. The maximum atomic E-state index is 12.8. The van der Waals surface area contributed by atoms with Gasteiger partial charge in [-0.1, -0.05) is 12.1 Å². The molecule has 0 aliphatic carbocycles. The molecule has 0 saturated carbocycles. The first-order valence-electron chi connectivity index (χ1n) is 9.36. The van der Waals surface area contributed by atoms with Crippen LogP contribution in [0.1, 0.15) is 25.3 Å². The van der Waals surface area contributed by atoms with Crippen LogP contribution in [0, 0.1) is 5.92 Å². The van der Waals surface area contributed by atoms with Crippen LogP contribution in [0.4, 0.5) is 0 Å². The summed E-state index contributed by atoms with van der Waals surface area (Å²) in [6.07, 6.45) is 4.35. The van der Waals surface area contributed by atoms with E-state index in [1.807, 2.05) is 31.2 Å². The third-order valence-corrected chi connectivity index (χ3v) is 6.69. The first kappa shape index (κ1) is 20.3. The molecule has 1 aliphatic heterocycles. The van der Waals surface area contributed by atoms with E-state index in [4.69, 9.17) is 4.74 Å². The van der Waals surface area contributed by atoms with Crippen molar-refractivity contribution in [2.75, 3.05) is 20.2 Å². The Balaban J connectivity index is 1.62. The zero-order chi connectivity index (χ0) is 20.1. The number of piperidine rings is 1. The van der Waals surface area contributed by atoms with Crippen molar-refractivity contribution in [3.63, 3.8) is 0 Å². The van der Waals surface area contributed by atoms with Gasteiger partial charge in [0.1, 0.15) is 5.75 Å². The zero-order valence-corrected chi connectivity index (χ0v) is 17.0. The fourth-order valence-electron chi connectivity index (χ4n) is 3.27. The third-order valence-electron chi connectivity index (χ3n) is 4.93. The van der Waals surface area contributed by atoms with Gasteiger partial charge in [0.05, 0.1) is 19.4 Å². The van der Waals surface area contributed by atoms with Crippen molar-refractivity contribution in [3.8, 4) is 5.75 Å².